The van der Waals surface area contributed by atoms with Gasteiger partial charge in [-0.3, -0.25) is 9.36 Å². The van der Waals surface area contributed by atoms with Crippen LogP contribution in [0.1, 0.15) is 24.7 Å². The molecule has 0 radical (unpaired) electrons. The number of halogens is 1. The van der Waals surface area contributed by atoms with E-state index in [1.807, 2.05) is 18.2 Å². The predicted octanol–water partition coefficient (Wildman–Crippen LogP) is 3.76. The summed E-state index contributed by atoms with van der Waals surface area (Å²) in [6.07, 6.45) is 0.647. The maximum atomic E-state index is 13.3. The van der Waals surface area contributed by atoms with Crippen molar-refractivity contribution in [3.05, 3.63) is 69.7 Å². The molecule has 6 nitrogen and oxygen atoms in total. The molecule has 1 aromatic heterocycles. The molecule has 0 spiro atoms. The van der Waals surface area contributed by atoms with E-state index in [4.69, 9.17) is 11.6 Å². The van der Waals surface area contributed by atoms with E-state index in [-0.39, 0.29) is 11.5 Å². The molecular formula is C19H16ClN3O3. The fourth-order valence-electron chi connectivity index (χ4n) is 3.20. The van der Waals surface area contributed by atoms with Crippen LogP contribution in [0, 0.1) is 5.92 Å². The quantitative estimate of drug-likeness (QED) is 0.733. The Morgan fingerprint density at radius 1 is 1.19 bits per heavy atom. The molecule has 0 aliphatic heterocycles. The Labute approximate surface area is 154 Å². The fraction of sp³-hybridized carbons (Fsp3) is 0.211. The predicted molar refractivity (Wildman–Crippen MR) is 99.0 cm³/mol. The summed E-state index contributed by atoms with van der Waals surface area (Å²) in [4.78, 5) is 29.2. The van der Waals surface area contributed by atoms with Gasteiger partial charge in [-0.2, -0.15) is 0 Å². The number of nitrogens with zero attached hydrogens (tertiary/aromatic N) is 2. The van der Waals surface area contributed by atoms with E-state index >= 15 is 0 Å². The monoisotopic (exact) mass is 369 g/mol. The van der Waals surface area contributed by atoms with Crippen molar-refractivity contribution in [2.45, 2.75) is 18.9 Å². The van der Waals surface area contributed by atoms with Crippen LogP contribution in [-0.4, -0.2) is 20.8 Å². The number of para-hydroxylation sites is 1. The molecule has 1 heterocycles. The number of fused-ring (bicyclic) bond motifs is 1. The number of hydrogen-bond acceptors (Lipinski definition) is 3. The highest BCUT2D eigenvalue weighted by Gasteiger charge is 2.37. The zero-order chi connectivity index (χ0) is 18.3. The van der Waals surface area contributed by atoms with E-state index in [9.17, 15) is 14.7 Å². The lowest BCUT2D eigenvalue weighted by molar-refractivity contribution is 0.187. The lowest BCUT2D eigenvalue weighted by Gasteiger charge is -2.21. The van der Waals surface area contributed by atoms with Gasteiger partial charge in [0.1, 0.15) is 5.82 Å². The number of rotatable bonds is 4. The van der Waals surface area contributed by atoms with Gasteiger partial charge in [0, 0.05) is 0 Å². The first kappa shape index (κ1) is 16.6. The van der Waals surface area contributed by atoms with Gasteiger partial charge >= 0.3 is 6.09 Å². The number of nitrogens with one attached hydrogen (secondary N) is 1. The van der Waals surface area contributed by atoms with Gasteiger partial charge in [0.15, 0.2) is 0 Å². The van der Waals surface area contributed by atoms with Crippen LogP contribution in [0.25, 0.3) is 16.6 Å². The lowest BCUT2D eigenvalue weighted by Crippen LogP contribution is -2.35. The van der Waals surface area contributed by atoms with Crippen molar-refractivity contribution in [1.29, 1.82) is 0 Å². The largest absolute Gasteiger partial charge is 0.465 e. The minimum atomic E-state index is -1.14. The standard InChI is InChI=1S/C19H16ClN3O3/c20-13-7-4-8-14-15(13)18(24)23(12-5-2-1-3-6-12)17(21-14)16(11-9-10-11)22-19(25)26/h1-8,11,16,22H,9-10H2,(H,25,26). The molecule has 3 aromatic rings. The smallest absolute Gasteiger partial charge is 0.405 e. The van der Waals surface area contributed by atoms with E-state index < -0.39 is 12.1 Å². The van der Waals surface area contributed by atoms with Gasteiger partial charge in [-0.15, -0.1) is 0 Å². The molecule has 1 aliphatic rings. The fourth-order valence-corrected chi connectivity index (χ4v) is 3.45. The Kier molecular flexibility index (Phi) is 4.12. The molecule has 4 rings (SSSR count). The average molecular weight is 370 g/mol. The first-order valence-corrected chi connectivity index (χ1v) is 8.70. The van der Waals surface area contributed by atoms with Crippen molar-refractivity contribution in [3.63, 3.8) is 0 Å². The molecule has 1 saturated carbocycles. The van der Waals surface area contributed by atoms with Gasteiger partial charge in [0.05, 0.1) is 27.7 Å². The molecule has 7 heteroatoms. The summed E-state index contributed by atoms with van der Waals surface area (Å²) >= 11 is 6.25. The zero-order valence-corrected chi connectivity index (χ0v) is 14.5. The Bertz CT molecular complexity index is 1050. The highest BCUT2D eigenvalue weighted by Crippen LogP contribution is 2.41. The van der Waals surface area contributed by atoms with Gasteiger partial charge in [0.25, 0.3) is 5.56 Å². The summed E-state index contributed by atoms with van der Waals surface area (Å²) in [5.74, 6) is 0.519. The third-order valence-electron chi connectivity index (χ3n) is 4.54. The molecule has 1 amide bonds. The Hall–Kier alpha value is -2.86. The number of amides is 1. The number of hydrogen-bond donors (Lipinski definition) is 2. The van der Waals surface area contributed by atoms with E-state index in [0.29, 0.717) is 27.4 Å². The van der Waals surface area contributed by atoms with Crippen molar-refractivity contribution in [2.75, 3.05) is 0 Å². The molecule has 132 valence electrons. The van der Waals surface area contributed by atoms with Gasteiger partial charge in [-0.25, -0.2) is 9.78 Å². The first-order chi connectivity index (χ1) is 12.6. The van der Waals surface area contributed by atoms with E-state index in [0.717, 1.165) is 12.8 Å². The molecule has 1 atom stereocenters. The first-order valence-electron chi connectivity index (χ1n) is 8.32. The van der Waals surface area contributed by atoms with Crippen molar-refractivity contribution in [2.24, 2.45) is 5.92 Å². The zero-order valence-electron chi connectivity index (χ0n) is 13.7. The van der Waals surface area contributed by atoms with Crippen LogP contribution >= 0.6 is 11.6 Å². The Morgan fingerprint density at radius 2 is 1.92 bits per heavy atom. The Morgan fingerprint density at radius 3 is 2.58 bits per heavy atom. The van der Waals surface area contributed by atoms with E-state index in [1.54, 1.807) is 30.3 Å². The Balaban J connectivity index is 2.04. The summed E-state index contributed by atoms with van der Waals surface area (Å²) in [6, 6.07) is 13.6. The second-order valence-electron chi connectivity index (χ2n) is 6.34. The minimum absolute atomic E-state index is 0.129. The van der Waals surface area contributed by atoms with Gasteiger partial charge < -0.3 is 10.4 Å². The molecule has 26 heavy (non-hydrogen) atoms. The minimum Gasteiger partial charge on any atom is -0.465 e. The topological polar surface area (TPSA) is 84.2 Å². The summed E-state index contributed by atoms with van der Waals surface area (Å²) in [6.45, 7) is 0. The molecule has 0 saturated heterocycles. The number of carbonyl (C=O) groups is 1. The van der Waals surface area contributed by atoms with Crippen LogP contribution in [-0.2, 0) is 0 Å². The van der Waals surface area contributed by atoms with Crippen molar-refractivity contribution in [1.82, 2.24) is 14.9 Å². The van der Waals surface area contributed by atoms with E-state index in [2.05, 4.69) is 10.3 Å². The number of aromatic nitrogens is 2. The van der Waals surface area contributed by atoms with Crippen molar-refractivity contribution < 1.29 is 9.90 Å². The van der Waals surface area contributed by atoms with Gasteiger partial charge in [-0.1, -0.05) is 35.9 Å². The second kappa shape index (κ2) is 6.46. The summed E-state index contributed by atoms with van der Waals surface area (Å²) in [5.41, 5.74) is 0.779. The van der Waals surface area contributed by atoms with Crippen LogP contribution in [0.5, 0.6) is 0 Å². The molecule has 0 bridgehead atoms. The third kappa shape index (κ3) is 2.93. The molecule has 2 aromatic carbocycles. The molecule has 1 fully saturated rings. The highest BCUT2D eigenvalue weighted by molar-refractivity contribution is 6.35. The summed E-state index contributed by atoms with van der Waals surface area (Å²) < 4.78 is 1.47. The van der Waals surface area contributed by atoms with Crippen LogP contribution in [0.2, 0.25) is 5.02 Å². The van der Waals surface area contributed by atoms with Crippen LogP contribution in [0.15, 0.2) is 53.3 Å². The molecular weight excluding hydrogens is 354 g/mol. The molecule has 2 N–H and O–H groups in total. The number of carboxylic acid groups (broad SMARTS) is 1. The summed E-state index contributed by atoms with van der Waals surface area (Å²) in [5, 5.41) is 12.4. The van der Waals surface area contributed by atoms with Gasteiger partial charge in [-0.05, 0) is 43.0 Å². The second-order valence-corrected chi connectivity index (χ2v) is 6.75. The summed E-state index contributed by atoms with van der Waals surface area (Å²) in [7, 11) is 0. The lowest BCUT2D eigenvalue weighted by atomic mass is 10.1. The normalized spacial score (nSPS) is 15.0. The highest BCUT2D eigenvalue weighted by atomic mass is 35.5. The third-order valence-corrected chi connectivity index (χ3v) is 4.85. The maximum Gasteiger partial charge on any atom is 0.405 e. The van der Waals surface area contributed by atoms with E-state index in [1.165, 1.54) is 4.57 Å². The van der Waals surface area contributed by atoms with Crippen LogP contribution in [0.4, 0.5) is 4.79 Å². The van der Waals surface area contributed by atoms with Crippen molar-refractivity contribution >= 4 is 28.6 Å². The van der Waals surface area contributed by atoms with Crippen LogP contribution in [0.3, 0.4) is 0 Å². The number of benzene rings is 2. The molecule has 1 unspecified atom stereocenters. The van der Waals surface area contributed by atoms with Crippen molar-refractivity contribution in [3.8, 4) is 5.69 Å². The average Bonchev–Trinajstić information content (AvgIpc) is 3.45. The van der Waals surface area contributed by atoms with Crippen LogP contribution < -0.4 is 10.9 Å². The van der Waals surface area contributed by atoms with Gasteiger partial charge in [0.2, 0.25) is 0 Å². The molecule has 1 aliphatic carbocycles. The maximum absolute atomic E-state index is 13.3. The SMILES string of the molecule is O=C(O)NC(c1nc2cccc(Cl)c2c(=O)n1-c1ccccc1)C1CC1.